The maximum absolute atomic E-state index is 12.6. The normalized spacial score (nSPS) is 12.6. The summed E-state index contributed by atoms with van der Waals surface area (Å²) in [6.45, 7) is 3.07. The van der Waals surface area contributed by atoms with Gasteiger partial charge in [-0.2, -0.15) is 18.3 Å². The molecule has 0 aliphatic carbocycles. The molecule has 24 heavy (non-hydrogen) atoms. The molecule has 0 atom stereocenters. The lowest BCUT2D eigenvalue weighted by atomic mass is 10.2. The summed E-state index contributed by atoms with van der Waals surface area (Å²) in [7, 11) is 0. The third-order valence-electron chi connectivity index (χ3n) is 2.72. The SMILES string of the molecule is CC(C)(C)OC(=O)Cn1cnc2c(Br)nn(CC(F)(F)F)c2c1=O. The predicted octanol–water partition coefficient (Wildman–Crippen LogP) is 2.26. The first kappa shape index (κ1) is 18.4. The Labute approximate surface area is 142 Å². The second-order valence-electron chi connectivity index (χ2n) is 6.02. The van der Waals surface area contributed by atoms with Crippen LogP contribution in [-0.4, -0.2) is 37.1 Å². The standard InChI is InChI=1S/C13H14BrF3N4O3/c1-12(2,3)24-7(22)4-20-6-18-8-9(11(20)23)21(19-10(8)14)5-13(15,16)17/h6H,4-5H2,1-3H3. The molecule has 0 N–H and O–H groups in total. The number of hydrogen-bond donors (Lipinski definition) is 0. The Bertz CT molecular complexity index is 836. The van der Waals surface area contributed by atoms with Gasteiger partial charge in [-0.3, -0.25) is 14.2 Å². The van der Waals surface area contributed by atoms with Crippen LogP contribution >= 0.6 is 15.9 Å². The molecule has 2 rings (SSSR count). The van der Waals surface area contributed by atoms with Gasteiger partial charge in [0.1, 0.15) is 24.2 Å². The van der Waals surface area contributed by atoms with Crippen LogP contribution in [0.3, 0.4) is 0 Å². The molecule has 0 saturated heterocycles. The van der Waals surface area contributed by atoms with Gasteiger partial charge in [0.15, 0.2) is 10.1 Å². The van der Waals surface area contributed by atoms with E-state index in [0.717, 1.165) is 10.9 Å². The summed E-state index contributed by atoms with van der Waals surface area (Å²) < 4.78 is 44.4. The maximum atomic E-state index is 12.6. The van der Waals surface area contributed by atoms with E-state index in [0.29, 0.717) is 4.68 Å². The van der Waals surface area contributed by atoms with Crippen molar-refractivity contribution in [3.63, 3.8) is 0 Å². The first-order valence-corrected chi connectivity index (χ1v) is 7.57. The number of carbonyl (C=O) groups excluding carboxylic acids is 1. The van der Waals surface area contributed by atoms with Gasteiger partial charge in [0.2, 0.25) is 0 Å². The lowest BCUT2D eigenvalue weighted by Crippen LogP contribution is -2.31. The second-order valence-corrected chi connectivity index (χ2v) is 6.78. The predicted molar refractivity (Wildman–Crippen MR) is 81.4 cm³/mol. The Hall–Kier alpha value is -1.91. The zero-order valence-electron chi connectivity index (χ0n) is 13.0. The van der Waals surface area contributed by atoms with Crippen molar-refractivity contribution in [2.24, 2.45) is 0 Å². The summed E-state index contributed by atoms with van der Waals surface area (Å²) >= 11 is 2.97. The number of halogens is 4. The van der Waals surface area contributed by atoms with Crippen molar-refractivity contribution >= 4 is 32.9 Å². The molecule has 0 saturated carbocycles. The molecule has 2 aromatic rings. The van der Waals surface area contributed by atoms with Crippen molar-refractivity contribution in [2.75, 3.05) is 0 Å². The van der Waals surface area contributed by atoms with Gasteiger partial charge in [0.25, 0.3) is 5.56 Å². The first-order chi connectivity index (χ1) is 10.9. The fourth-order valence-electron chi connectivity index (χ4n) is 1.98. The van der Waals surface area contributed by atoms with Crippen molar-refractivity contribution in [2.45, 2.75) is 45.6 Å². The summed E-state index contributed by atoms with van der Waals surface area (Å²) in [5.74, 6) is -0.702. The Kier molecular flexibility index (Phi) is 4.75. The molecule has 2 aromatic heterocycles. The number of carbonyl (C=O) groups is 1. The van der Waals surface area contributed by atoms with E-state index in [-0.39, 0.29) is 15.6 Å². The molecule has 0 unspecified atom stereocenters. The molecule has 7 nitrogen and oxygen atoms in total. The third-order valence-corrected chi connectivity index (χ3v) is 3.26. The van der Waals surface area contributed by atoms with Gasteiger partial charge in [-0.1, -0.05) is 0 Å². The van der Waals surface area contributed by atoms with Crippen LogP contribution in [0.1, 0.15) is 20.8 Å². The van der Waals surface area contributed by atoms with Crippen molar-refractivity contribution in [1.82, 2.24) is 19.3 Å². The van der Waals surface area contributed by atoms with Crippen molar-refractivity contribution in [1.29, 1.82) is 0 Å². The van der Waals surface area contributed by atoms with Gasteiger partial charge >= 0.3 is 12.1 Å². The highest BCUT2D eigenvalue weighted by molar-refractivity contribution is 9.10. The minimum absolute atomic E-state index is 0.00955. The van der Waals surface area contributed by atoms with E-state index >= 15 is 0 Å². The molecule has 0 fully saturated rings. The molecule has 132 valence electrons. The van der Waals surface area contributed by atoms with Crippen LogP contribution in [0, 0.1) is 0 Å². The third kappa shape index (κ3) is 4.34. The van der Waals surface area contributed by atoms with E-state index in [1.165, 1.54) is 0 Å². The van der Waals surface area contributed by atoms with E-state index in [1.807, 2.05) is 0 Å². The number of hydrogen-bond acceptors (Lipinski definition) is 5. The number of esters is 1. The Balaban J connectivity index is 2.44. The average Bonchev–Trinajstić information content (AvgIpc) is 2.65. The van der Waals surface area contributed by atoms with Crippen LogP contribution in [0.2, 0.25) is 0 Å². The lowest BCUT2D eigenvalue weighted by Gasteiger charge is -2.19. The summed E-state index contributed by atoms with van der Waals surface area (Å²) in [4.78, 5) is 28.1. The molecule has 0 spiro atoms. The van der Waals surface area contributed by atoms with E-state index in [1.54, 1.807) is 20.8 Å². The fourth-order valence-corrected chi connectivity index (χ4v) is 2.46. The van der Waals surface area contributed by atoms with E-state index in [2.05, 4.69) is 26.0 Å². The number of ether oxygens (including phenoxy) is 1. The van der Waals surface area contributed by atoms with Gasteiger partial charge in [0.05, 0.1) is 6.33 Å². The molecule has 0 amide bonds. The molecule has 11 heteroatoms. The molecular formula is C13H14BrF3N4O3. The van der Waals surface area contributed by atoms with Crippen LogP contribution in [-0.2, 0) is 22.6 Å². The highest BCUT2D eigenvalue weighted by atomic mass is 79.9. The molecule has 0 radical (unpaired) electrons. The lowest BCUT2D eigenvalue weighted by molar-refractivity contribution is -0.155. The number of rotatable bonds is 3. The van der Waals surface area contributed by atoms with Crippen molar-refractivity contribution in [3.8, 4) is 0 Å². The molecule has 2 heterocycles. The van der Waals surface area contributed by atoms with E-state index in [9.17, 15) is 22.8 Å². The smallest absolute Gasteiger partial charge is 0.408 e. The average molecular weight is 411 g/mol. The van der Waals surface area contributed by atoms with Gasteiger partial charge in [-0.15, -0.1) is 0 Å². The van der Waals surface area contributed by atoms with Gasteiger partial charge in [-0.05, 0) is 36.7 Å². The number of aromatic nitrogens is 4. The maximum Gasteiger partial charge on any atom is 0.408 e. The Morgan fingerprint density at radius 2 is 1.96 bits per heavy atom. The van der Waals surface area contributed by atoms with E-state index < -0.39 is 36.4 Å². The minimum Gasteiger partial charge on any atom is -0.459 e. The quantitative estimate of drug-likeness (QED) is 0.725. The van der Waals surface area contributed by atoms with Crippen molar-refractivity contribution < 1.29 is 22.7 Å². The summed E-state index contributed by atoms with van der Waals surface area (Å²) in [5, 5.41) is 3.64. The molecule has 0 aromatic carbocycles. The van der Waals surface area contributed by atoms with Crippen LogP contribution in [0.15, 0.2) is 15.7 Å². The monoisotopic (exact) mass is 410 g/mol. The van der Waals surface area contributed by atoms with Crippen molar-refractivity contribution in [3.05, 3.63) is 21.3 Å². The van der Waals surface area contributed by atoms with Gasteiger partial charge in [0, 0.05) is 0 Å². The largest absolute Gasteiger partial charge is 0.459 e. The van der Waals surface area contributed by atoms with Crippen LogP contribution < -0.4 is 5.56 Å². The summed E-state index contributed by atoms with van der Waals surface area (Å²) in [5.41, 5.74) is -1.91. The van der Waals surface area contributed by atoms with Crippen LogP contribution in [0.25, 0.3) is 11.0 Å². The Morgan fingerprint density at radius 1 is 1.33 bits per heavy atom. The number of nitrogens with zero attached hydrogens (tertiary/aromatic N) is 4. The number of alkyl halides is 3. The fraction of sp³-hybridized carbons (Fsp3) is 0.538. The highest BCUT2D eigenvalue weighted by Crippen LogP contribution is 2.23. The minimum atomic E-state index is -4.56. The topological polar surface area (TPSA) is 79.0 Å². The zero-order chi connectivity index (χ0) is 18.3. The van der Waals surface area contributed by atoms with E-state index in [4.69, 9.17) is 4.74 Å². The molecular weight excluding hydrogens is 397 g/mol. The highest BCUT2D eigenvalue weighted by Gasteiger charge is 2.31. The van der Waals surface area contributed by atoms with Gasteiger partial charge in [-0.25, -0.2) is 9.67 Å². The van der Waals surface area contributed by atoms with Crippen LogP contribution in [0.5, 0.6) is 0 Å². The Morgan fingerprint density at radius 3 is 2.50 bits per heavy atom. The van der Waals surface area contributed by atoms with Crippen LogP contribution in [0.4, 0.5) is 13.2 Å². The molecule has 0 aliphatic rings. The summed E-state index contributed by atoms with van der Waals surface area (Å²) in [6.07, 6.45) is -3.49. The summed E-state index contributed by atoms with van der Waals surface area (Å²) in [6, 6.07) is 0. The second kappa shape index (κ2) is 6.19. The molecule has 0 bridgehead atoms. The zero-order valence-corrected chi connectivity index (χ0v) is 14.6. The number of fused-ring (bicyclic) bond motifs is 1. The van der Waals surface area contributed by atoms with Gasteiger partial charge < -0.3 is 4.74 Å². The molecule has 0 aliphatic heterocycles. The first-order valence-electron chi connectivity index (χ1n) is 6.77.